The first-order chi connectivity index (χ1) is 6.80. The Hall–Kier alpha value is -0.440. The number of benzene rings is 1. The van der Waals surface area contributed by atoms with Crippen LogP contribution in [0, 0.1) is 0 Å². The lowest BCUT2D eigenvalue weighted by molar-refractivity contribution is -0.313. The summed E-state index contributed by atoms with van der Waals surface area (Å²) in [6.07, 6.45) is 0. The molecule has 0 saturated carbocycles. The van der Waals surface area contributed by atoms with E-state index in [1.807, 2.05) is 0 Å². The molecule has 0 aliphatic heterocycles. The monoisotopic (exact) mass is 265 g/mol. The molecule has 0 bridgehead atoms. The smallest absolute Gasteiger partial charge is 0.205 e. The van der Waals surface area contributed by atoms with Crippen molar-refractivity contribution >= 4 is 40.8 Å². The fourth-order valence-corrected chi connectivity index (χ4v) is 1.73. The lowest BCUT2D eigenvalue weighted by Gasteiger charge is -2.37. The molecule has 0 N–H and O–H groups in total. The Labute approximate surface area is 103 Å². The quantitative estimate of drug-likeness (QED) is 0.769. The van der Waals surface area contributed by atoms with Crippen molar-refractivity contribution in [3.63, 3.8) is 0 Å². The summed E-state index contributed by atoms with van der Waals surface area (Å²) in [4.78, 5) is 11.1. The molecule has 15 heavy (non-hydrogen) atoms. The largest absolute Gasteiger partial charge is 0.549 e. The van der Waals surface area contributed by atoms with Gasteiger partial charge in [0.15, 0.2) is 0 Å². The second kappa shape index (κ2) is 4.20. The molecule has 0 aromatic heterocycles. The molecule has 82 valence electrons. The number of carboxylic acid groups (broad SMARTS) is 1. The maximum absolute atomic E-state index is 11.1. The summed E-state index contributed by atoms with van der Waals surface area (Å²) in [6.45, 7) is 1.32. The van der Waals surface area contributed by atoms with Crippen molar-refractivity contribution < 1.29 is 9.90 Å². The van der Waals surface area contributed by atoms with Crippen LogP contribution in [0.1, 0.15) is 12.5 Å². The average molecular weight is 267 g/mol. The van der Waals surface area contributed by atoms with Gasteiger partial charge in [0, 0.05) is 0 Å². The molecule has 1 rings (SSSR count). The van der Waals surface area contributed by atoms with Crippen molar-refractivity contribution in [2.45, 2.75) is 16.1 Å². The fraction of sp³-hybridized carbons (Fsp3) is 0.300. The number of hydrogen-bond donors (Lipinski definition) is 0. The molecule has 0 fully saturated rings. The third-order valence-electron chi connectivity index (χ3n) is 2.33. The van der Waals surface area contributed by atoms with Gasteiger partial charge in [-0.15, -0.1) is 0 Å². The molecule has 2 nitrogen and oxygen atoms in total. The van der Waals surface area contributed by atoms with Gasteiger partial charge in [-0.1, -0.05) is 65.1 Å². The van der Waals surface area contributed by atoms with E-state index < -0.39 is 15.2 Å². The van der Waals surface area contributed by atoms with E-state index in [0.29, 0.717) is 5.56 Å². The van der Waals surface area contributed by atoms with Crippen molar-refractivity contribution in [1.29, 1.82) is 0 Å². The van der Waals surface area contributed by atoms with Gasteiger partial charge in [-0.3, -0.25) is 0 Å². The predicted molar refractivity (Wildman–Crippen MR) is 59.1 cm³/mol. The molecule has 0 amide bonds. The zero-order valence-electron chi connectivity index (χ0n) is 7.84. The molecule has 1 aromatic carbocycles. The first-order valence-electron chi connectivity index (χ1n) is 4.14. The number of rotatable bonds is 2. The lowest BCUT2D eigenvalue weighted by Crippen LogP contribution is -2.52. The number of hydrogen-bond acceptors (Lipinski definition) is 2. The third kappa shape index (κ3) is 2.22. The van der Waals surface area contributed by atoms with Crippen LogP contribution in [-0.4, -0.2) is 9.76 Å². The Morgan fingerprint density at radius 3 is 2.00 bits per heavy atom. The number of halogens is 3. The van der Waals surface area contributed by atoms with E-state index in [2.05, 4.69) is 0 Å². The highest BCUT2D eigenvalue weighted by atomic mass is 35.6. The summed E-state index contributed by atoms with van der Waals surface area (Å²) in [7, 11) is 0. The average Bonchev–Trinajstić information content (AvgIpc) is 2.16. The molecule has 5 heteroatoms. The summed E-state index contributed by atoms with van der Waals surface area (Å²) in [5, 5.41) is 11.1. The van der Waals surface area contributed by atoms with Crippen LogP contribution in [0.4, 0.5) is 0 Å². The van der Waals surface area contributed by atoms with E-state index in [1.54, 1.807) is 30.3 Å². The molecule has 1 atom stereocenters. The Bertz CT molecular complexity index is 359. The van der Waals surface area contributed by atoms with Crippen molar-refractivity contribution in [2.24, 2.45) is 0 Å². The van der Waals surface area contributed by atoms with Gasteiger partial charge in [0.2, 0.25) is 3.79 Å². The van der Waals surface area contributed by atoms with Gasteiger partial charge >= 0.3 is 0 Å². The van der Waals surface area contributed by atoms with Gasteiger partial charge in [-0.2, -0.15) is 0 Å². The highest BCUT2D eigenvalue weighted by Crippen LogP contribution is 2.46. The molecule has 0 aliphatic carbocycles. The minimum Gasteiger partial charge on any atom is -0.549 e. The lowest BCUT2D eigenvalue weighted by atomic mass is 9.84. The summed E-state index contributed by atoms with van der Waals surface area (Å²) in [5.74, 6) is -1.42. The van der Waals surface area contributed by atoms with E-state index in [4.69, 9.17) is 34.8 Å². The maximum Gasteiger partial charge on any atom is 0.205 e. The minimum absolute atomic E-state index is 0.394. The molecule has 0 saturated heterocycles. The van der Waals surface area contributed by atoms with E-state index in [0.717, 1.165) is 0 Å². The first-order valence-corrected chi connectivity index (χ1v) is 5.27. The van der Waals surface area contributed by atoms with Gasteiger partial charge in [0.05, 0.1) is 11.4 Å². The van der Waals surface area contributed by atoms with Crippen molar-refractivity contribution in [2.75, 3.05) is 0 Å². The number of carbonyl (C=O) groups is 1. The number of aliphatic carboxylic acids is 1. The molecule has 0 aliphatic rings. The Morgan fingerprint density at radius 1 is 1.20 bits per heavy atom. The van der Waals surface area contributed by atoms with Crippen molar-refractivity contribution in [3.8, 4) is 0 Å². The first kappa shape index (κ1) is 12.6. The van der Waals surface area contributed by atoms with Crippen LogP contribution < -0.4 is 5.11 Å². The van der Waals surface area contributed by atoms with Crippen LogP contribution >= 0.6 is 34.8 Å². The van der Waals surface area contributed by atoms with Crippen LogP contribution in [0.2, 0.25) is 0 Å². The van der Waals surface area contributed by atoms with Crippen LogP contribution in [0.5, 0.6) is 0 Å². The minimum atomic E-state index is -1.97. The number of carboxylic acids is 1. The SMILES string of the molecule is CC(C(=O)[O-])(c1ccccc1)C(Cl)(Cl)Cl. The maximum atomic E-state index is 11.1. The Balaban J connectivity index is 3.32. The predicted octanol–water partition coefficient (Wildman–Crippen LogP) is 2.06. The van der Waals surface area contributed by atoms with Crippen LogP contribution in [0.25, 0.3) is 0 Å². The van der Waals surface area contributed by atoms with Gasteiger partial charge in [-0.05, 0) is 12.5 Å². The van der Waals surface area contributed by atoms with Gasteiger partial charge in [-0.25, -0.2) is 0 Å². The highest BCUT2D eigenvalue weighted by molar-refractivity contribution is 6.69. The summed E-state index contributed by atoms with van der Waals surface area (Å²) in [6, 6.07) is 8.26. The van der Waals surface area contributed by atoms with Gasteiger partial charge < -0.3 is 9.90 Å². The van der Waals surface area contributed by atoms with E-state index in [-0.39, 0.29) is 0 Å². The topological polar surface area (TPSA) is 40.1 Å². The fourth-order valence-electron chi connectivity index (χ4n) is 1.17. The van der Waals surface area contributed by atoms with E-state index >= 15 is 0 Å². The number of alkyl halides is 3. The zero-order chi connectivity index (χ0) is 11.7. The van der Waals surface area contributed by atoms with Crippen LogP contribution in [0.3, 0.4) is 0 Å². The molecule has 1 aromatic rings. The van der Waals surface area contributed by atoms with E-state index in [9.17, 15) is 9.90 Å². The Kier molecular flexibility index (Phi) is 3.54. The molecule has 0 heterocycles. The molecular formula is C10H8Cl3O2-. The normalized spacial score (nSPS) is 15.7. The van der Waals surface area contributed by atoms with Crippen LogP contribution in [0.15, 0.2) is 30.3 Å². The summed E-state index contributed by atoms with van der Waals surface area (Å²) < 4.78 is -1.97. The standard InChI is InChI=1S/C10H9Cl3O2/c1-9(8(14)15,10(11,12)13)7-5-3-2-4-6-7/h2-6H,1H3,(H,14,15)/p-1. The van der Waals surface area contributed by atoms with Gasteiger partial charge in [0.25, 0.3) is 0 Å². The van der Waals surface area contributed by atoms with E-state index in [1.165, 1.54) is 6.92 Å². The van der Waals surface area contributed by atoms with Crippen molar-refractivity contribution in [3.05, 3.63) is 35.9 Å². The number of carbonyl (C=O) groups excluding carboxylic acids is 1. The second-order valence-electron chi connectivity index (χ2n) is 3.28. The molecule has 0 spiro atoms. The molecular weight excluding hydrogens is 258 g/mol. The van der Waals surface area contributed by atoms with Crippen molar-refractivity contribution in [1.82, 2.24) is 0 Å². The zero-order valence-corrected chi connectivity index (χ0v) is 10.1. The highest BCUT2D eigenvalue weighted by Gasteiger charge is 2.47. The Morgan fingerprint density at radius 2 is 1.67 bits per heavy atom. The summed E-state index contributed by atoms with van der Waals surface area (Å²) in [5.41, 5.74) is -1.27. The molecule has 1 unspecified atom stereocenters. The van der Waals surface area contributed by atoms with Gasteiger partial charge in [0.1, 0.15) is 0 Å². The third-order valence-corrected chi connectivity index (χ3v) is 3.46. The van der Waals surface area contributed by atoms with Crippen LogP contribution in [-0.2, 0) is 10.2 Å². The second-order valence-corrected chi connectivity index (χ2v) is 5.56. The molecule has 0 radical (unpaired) electrons. The summed E-state index contributed by atoms with van der Waals surface area (Å²) >= 11 is 17.0.